The van der Waals surface area contributed by atoms with Crippen molar-refractivity contribution in [3.05, 3.63) is 54.0 Å². The summed E-state index contributed by atoms with van der Waals surface area (Å²) in [5, 5.41) is 3.33. The summed E-state index contributed by atoms with van der Waals surface area (Å²) >= 11 is 0. The van der Waals surface area contributed by atoms with Gasteiger partial charge in [-0.15, -0.1) is 24.0 Å². The van der Waals surface area contributed by atoms with Crippen LogP contribution >= 0.6 is 24.0 Å². The van der Waals surface area contributed by atoms with Crippen molar-refractivity contribution in [2.45, 2.75) is 19.9 Å². The van der Waals surface area contributed by atoms with Gasteiger partial charge in [-0.2, -0.15) is 0 Å². The number of ether oxygens (including phenoxy) is 2. The number of hydrogen-bond acceptors (Lipinski definition) is 4. The molecule has 0 aliphatic carbocycles. The van der Waals surface area contributed by atoms with E-state index < -0.39 is 0 Å². The van der Waals surface area contributed by atoms with Crippen molar-refractivity contribution in [1.82, 2.24) is 15.2 Å². The number of halogens is 2. The average molecular weight is 514 g/mol. The molecule has 3 rings (SSSR count). The summed E-state index contributed by atoms with van der Waals surface area (Å²) in [5.74, 6) is 1.92. The minimum Gasteiger partial charge on any atom is -0.439 e. The molecule has 8 heteroatoms. The van der Waals surface area contributed by atoms with Gasteiger partial charge < -0.3 is 19.7 Å². The third kappa shape index (κ3) is 7.43. The highest BCUT2D eigenvalue weighted by molar-refractivity contribution is 14.0. The highest BCUT2D eigenvalue weighted by atomic mass is 127. The Kier molecular flexibility index (Phi) is 9.59. The van der Waals surface area contributed by atoms with Crippen LogP contribution in [0.25, 0.3) is 0 Å². The Morgan fingerprint density at radius 2 is 2.24 bits per heavy atom. The zero-order chi connectivity index (χ0) is 19.8. The first-order chi connectivity index (χ1) is 13.6. The lowest BCUT2D eigenvalue weighted by Crippen LogP contribution is -2.41. The van der Waals surface area contributed by atoms with Gasteiger partial charge in [0, 0.05) is 51.0 Å². The second-order valence-corrected chi connectivity index (χ2v) is 6.84. The molecule has 1 aliphatic heterocycles. The normalized spacial score (nSPS) is 16.2. The zero-order valence-corrected chi connectivity index (χ0v) is 19.1. The number of guanidine groups is 1. The molecule has 6 nitrogen and oxygen atoms in total. The molecule has 1 fully saturated rings. The van der Waals surface area contributed by atoms with Crippen molar-refractivity contribution in [3.63, 3.8) is 0 Å². The molecular weight excluding hydrogens is 486 g/mol. The Morgan fingerprint density at radius 3 is 2.90 bits per heavy atom. The minimum atomic E-state index is -0.340. The molecule has 1 atom stereocenters. The first-order valence-electron chi connectivity index (χ1n) is 9.59. The Labute approximate surface area is 188 Å². The van der Waals surface area contributed by atoms with Gasteiger partial charge in [-0.1, -0.05) is 12.1 Å². The summed E-state index contributed by atoms with van der Waals surface area (Å²) in [7, 11) is 2.05. The maximum Gasteiger partial charge on any atom is 0.219 e. The fourth-order valence-corrected chi connectivity index (χ4v) is 3.05. The van der Waals surface area contributed by atoms with Crippen LogP contribution in [0.4, 0.5) is 4.39 Å². The number of nitrogens with one attached hydrogen (secondary N) is 1. The fraction of sp³-hybridized carbons (Fsp3) is 0.429. The second-order valence-electron chi connectivity index (χ2n) is 6.84. The van der Waals surface area contributed by atoms with Crippen LogP contribution in [0.1, 0.15) is 18.9 Å². The Hall–Kier alpha value is -1.94. The number of rotatable bonds is 7. The molecule has 2 aromatic rings. The fourth-order valence-electron chi connectivity index (χ4n) is 3.05. The van der Waals surface area contributed by atoms with Gasteiger partial charge >= 0.3 is 0 Å². The van der Waals surface area contributed by atoms with Crippen LogP contribution in [0, 0.1) is 11.7 Å². The molecule has 29 heavy (non-hydrogen) atoms. The van der Waals surface area contributed by atoms with E-state index in [4.69, 9.17) is 14.5 Å². The van der Waals surface area contributed by atoms with Gasteiger partial charge in [0.1, 0.15) is 11.6 Å². The molecule has 2 heterocycles. The third-order valence-corrected chi connectivity index (χ3v) is 4.48. The number of aromatic nitrogens is 1. The van der Waals surface area contributed by atoms with Crippen LogP contribution in [0.5, 0.6) is 11.6 Å². The van der Waals surface area contributed by atoms with Crippen molar-refractivity contribution in [3.8, 4) is 11.6 Å². The van der Waals surface area contributed by atoms with E-state index in [0.29, 0.717) is 24.1 Å². The van der Waals surface area contributed by atoms with Crippen molar-refractivity contribution in [1.29, 1.82) is 0 Å². The molecule has 0 radical (unpaired) electrons. The Bertz CT molecular complexity index is 783. The average Bonchev–Trinajstić information content (AvgIpc) is 3.19. The number of pyridine rings is 1. The lowest BCUT2D eigenvalue weighted by Gasteiger charge is -2.24. The predicted molar refractivity (Wildman–Crippen MR) is 122 cm³/mol. The van der Waals surface area contributed by atoms with Crippen LogP contribution in [-0.4, -0.2) is 49.2 Å². The number of benzene rings is 1. The highest BCUT2D eigenvalue weighted by Gasteiger charge is 2.19. The van der Waals surface area contributed by atoms with Gasteiger partial charge in [0.2, 0.25) is 5.88 Å². The standard InChI is InChI=1S/C21H27FN4O2.HI/c1-3-23-21(26(2)14-17-9-10-27-15-17)25-13-16-7-8-20(24-12-16)28-19-6-4-5-18(22)11-19;/h4-8,11-12,17H,3,9-10,13-15H2,1-2H3,(H,23,25);1H. The largest absolute Gasteiger partial charge is 0.439 e. The van der Waals surface area contributed by atoms with E-state index in [9.17, 15) is 4.39 Å². The summed E-state index contributed by atoms with van der Waals surface area (Å²) < 4.78 is 24.3. The smallest absolute Gasteiger partial charge is 0.219 e. The van der Waals surface area contributed by atoms with E-state index in [2.05, 4.69) is 22.1 Å². The SMILES string of the molecule is CCNC(=NCc1ccc(Oc2cccc(F)c2)nc1)N(C)CC1CCOC1.I. The molecule has 0 amide bonds. The maximum absolute atomic E-state index is 13.2. The van der Waals surface area contributed by atoms with Crippen LogP contribution in [0.3, 0.4) is 0 Å². The van der Waals surface area contributed by atoms with Crippen molar-refractivity contribution < 1.29 is 13.9 Å². The summed E-state index contributed by atoms with van der Waals surface area (Å²) in [6.45, 7) is 5.97. The summed E-state index contributed by atoms with van der Waals surface area (Å²) in [4.78, 5) is 11.2. The van der Waals surface area contributed by atoms with Crippen molar-refractivity contribution in [2.24, 2.45) is 10.9 Å². The molecule has 1 unspecified atom stereocenters. The monoisotopic (exact) mass is 514 g/mol. The van der Waals surface area contributed by atoms with Gasteiger partial charge in [0.25, 0.3) is 0 Å². The first kappa shape index (κ1) is 23.3. The van der Waals surface area contributed by atoms with Crippen molar-refractivity contribution in [2.75, 3.05) is 33.4 Å². The molecular formula is C21H28FIN4O2. The summed E-state index contributed by atoms with van der Waals surface area (Å²) in [6, 6.07) is 9.68. The first-order valence-corrected chi connectivity index (χ1v) is 9.59. The van der Waals surface area contributed by atoms with Crippen LogP contribution in [0.15, 0.2) is 47.6 Å². The maximum atomic E-state index is 13.2. The van der Waals surface area contributed by atoms with E-state index in [0.717, 1.165) is 44.2 Å². The van der Waals surface area contributed by atoms with E-state index in [-0.39, 0.29) is 29.8 Å². The number of nitrogens with zero attached hydrogens (tertiary/aromatic N) is 3. The lowest BCUT2D eigenvalue weighted by molar-refractivity contribution is 0.181. The molecule has 0 spiro atoms. The van der Waals surface area contributed by atoms with Crippen LogP contribution in [0.2, 0.25) is 0 Å². The molecule has 0 saturated carbocycles. The Morgan fingerprint density at radius 1 is 1.38 bits per heavy atom. The predicted octanol–water partition coefficient (Wildman–Crippen LogP) is 4.06. The van der Waals surface area contributed by atoms with E-state index in [1.807, 2.05) is 13.1 Å². The number of hydrogen-bond donors (Lipinski definition) is 1. The highest BCUT2D eigenvalue weighted by Crippen LogP contribution is 2.20. The van der Waals surface area contributed by atoms with Gasteiger partial charge in [-0.05, 0) is 31.0 Å². The van der Waals surface area contributed by atoms with Crippen molar-refractivity contribution >= 4 is 29.9 Å². The minimum absolute atomic E-state index is 0. The van der Waals surface area contributed by atoms with Crippen LogP contribution < -0.4 is 10.1 Å². The molecule has 1 N–H and O–H groups in total. The van der Waals surface area contributed by atoms with E-state index in [1.165, 1.54) is 12.1 Å². The Balaban J connectivity index is 0.00000300. The number of aliphatic imine (C=N–C) groups is 1. The van der Waals surface area contributed by atoms with Gasteiger partial charge in [0.15, 0.2) is 5.96 Å². The van der Waals surface area contributed by atoms with Gasteiger partial charge in [-0.3, -0.25) is 0 Å². The zero-order valence-electron chi connectivity index (χ0n) is 16.8. The molecule has 1 aromatic heterocycles. The van der Waals surface area contributed by atoms with Gasteiger partial charge in [0.05, 0.1) is 13.2 Å². The lowest BCUT2D eigenvalue weighted by atomic mass is 10.1. The molecule has 158 valence electrons. The molecule has 1 aliphatic rings. The molecule has 0 bridgehead atoms. The van der Waals surface area contributed by atoms with Gasteiger partial charge in [-0.25, -0.2) is 14.4 Å². The molecule has 1 saturated heterocycles. The van der Waals surface area contributed by atoms with Crippen LogP contribution in [-0.2, 0) is 11.3 Å². The topological polar surface area (TPSA) is 59.0 Å². The summed E-state index contributed by atoms with van der Waals surface area (Å²) in [6.07, 6.45) is 2.83. The molecule has 1 aromatic carbocycles. The third-order valence-electron chi connectivity index (χ3n) is 4.48. The van der Waals surface area contributed by atoms with E-state index in [1.54, 1.807) is 24.4 Å². The summed E-state index contributed by atoms with van der Waals surface area (Å²) in [5.41, 5.74) is 0.972. The second kappa shape index (κ2) is 11.9. The van der Waals surface area contributed by atoms with E-state index >= 15 is 0 Å². The quantitative estimate of drug-likeness (QED) is 0.343.